The van der Waals surface area contributed by atoms with E-state index in [4.69, 9.17) is 8.85 Å². The van der Waals surface area contributed by atoms with Crippen molar-refractivity contribution in [1.29, 1.82) is 0 Å². The van der Waals surface area contributed by atoms with Crippen LogP contribution in [0.25, 0.3) is 0 Å². The molecule has 0 aromatic carbocycles. The van der Waals surface area contributed by atoms with Gasteiger partial charge >= 0.3 is 9.28 Å². The van der Waals surface area contributed by atoms with E-state index in [2.05, 4.69) is 0 Å². The van der Waals surface area contributed by atoms with Gasteiger partial charge in [0.25, 0.3) is 5.97 Å². The lowest BCUT2D eigenvalue weighted by atomic mass is 10.3. The first-order chi connectivity index (χ1) is 5.06. The highest BCUT2D eigenvalue weighted by molar-refractivity contribution is 6.44. The van der Waals surface area contributed by atoms with Crippen LogP contribution < -0.4 is 0 Å². The van der Waals surface area contributed by atoms with Crippen molar-refractivity contribution in [2.45, 2.75) is 39.8 Å². The van der Waals surface area contributed by atoms with E-state index < -0.39 is 9.28 Å². The lowest BCUT2D eigenvalue weighted by Crippen LogP contribution is -2.25. The molecule has 1 radical (unpaired) electrons. The molecule has 0 aromatic heterocycles. The van der Waals surface area contributed by atoms with Crippen LogP contribution in [0.5, 0.6) is 0 Å². The molecule has 1 unspecified atom stereocenters. The summed E-state index contributed by atoms with van der Waals surface area (Å²) in [5.74, 6) is -0.260. The number of carbonyl (C=O) groups is 1. The molecule has 11 heavy (non-hydrogen) atoms. The van der Waals surface area contributed by atoms with Crippen LogP contribution in [0, 0.1) is 0 Å². The van der Waals surface area contributed by atoms with Gasteiger partial charge in [0.15, 0.2) is 0 Å². The molecule has 3 nitrogen and oxygen atoms in total. The Morgan fingerprint density at radius 2 is 2.18 bits per heavy atom. The molecule has 0 saturated heterocycles. The van der Waals surface area contributed by atoms with Gasteiger partial charge in [-0.15, -0.1) is 0 Å². The Balaban J connectivity index is 3.51. The SMILES string of the molecule is CCC(C)O[Si](C)OC(C)=O. The largest absolute Gasteiger partial charge is 0.492 e. The van der Waals surface area contributed by atoms with Crippen LogP contribution in [0.2, 0.25) is 6.55 Å². The molecule has 1 atom stereocenters. The fourth-order valence-electron chi connectivity index (χ4n) is 0.593. The van der Waals surface area contributed by atoms with Gasteiger partial charge in [0, 0.05) is 13.0 Å². The second-order valence-electron chi connectivity index (χ2n) is 2.42. The van der Waals surface area contributed by atoms with Crippen LogP contribution in [0.1, 0.15) is 27.2 Å². The van der Waals surface area contributed by atoms with Crippen molar-refractivity contribution in [1.82, 2.24) is 0 Å². The molecule has 0 amide bonds. The van der Waals surface area contributed by atoms with Gasteiger partial charge in [0.1, 0.15) is 0 Å². The Morgan fingerprint density at radius 3 is 2.55 bits per heavy atom. The minimum absolute atomic E-state index is 0.188. The smallest absolute Gasteiger partial charge is 0.456 e. The van der Waals surface area contributed by atoms with Crippen LogP contribution in [-0.4, -0.2) is 21.4 Å². The summed E-state index contributed by atoms with van der Waals surface area (Å²) < 4.78 is 10.2. The maximum atomic E-state index is 10.4. The van der Waals surface area contributed by atoms with Gasteiger partial charge in [-0.05, 0) is 19.9 Å². The summed E-state index contributed by atoms with van der Waals surface area (Å²) in [5, 5.41) is 0. The molecule has 4 heteroatoms. The highest BCUT2D eigenvalue weighted by atomic mass is 28.3. The molecule has 0 aliphatic rings. The summed E-state index contributed by atoms with van der Waals surface area (Å²) >= 11 is 0. The zero-order valence-electron chi connectivity index (χ0n) is 7.51. The Bertz CT molecular complexity index is 127. The van der Waals surface area contributed by atoms with Gasteiger partial charge in [-0.2, -0.15) is 0 Å². The van der Waals surface area contributed by atoms with Gasteiger partial charge in [0.2, 0.25) is 0 Å². The van der Waals surface area contributed by atoms with Gasteiger partial charge in [-0.25, -0.2) is 0 Å². The van der Waals surface area contributed by atoms with Gasteiger partial charge < -0.3 is 8.85 Å². The topological polar surface area (TPSA) is 35.5 Å². The number of hydrogen-bond acceptors (Lipinski definition) is 3. The van der Waals surface area contributed by atoms with Gasteiger partial charge in [-0.1, -0.05) is 6.92 Å². The molecule has 0 N–H and O–H groups in total. The number of rotatable bonds is 4. The maximum absolute atomic E-state index is 10.4. The van der Waals surface area contributed by atoms with Crippen molar-refractivity contribution in [3.8, 4) is 0 Å². The normalized spacial score (nSPS) is 13.2. The second kappa shape index (κ2) is 5.32. The van der Waals surface area contributed by atoms with Crippen LogP contribution >= 0.6 is 0 Å². The van der Waals surface area contributed by atoms with Crippen molar-refractivity contribution < 1.29 is 13.6 Å². The van der Waals surface area contributed by atoms with E-state index in [-0.39, 0.29) is 12.1 Å². The van der Waals surface area contributed by atoms with Crippen LogP contribution in [0.4, 0.5) is 0 Å². The van der Waals surface area contributed by atoms with Crippen molar-refractivity contribution in [2.24, 2.45) is 0 Å². The molecule has 0 aliphatic heterocycles. The first kappa shape index (κ1) is 10.6. The summed E-state index contributed by atoms with van der Waals surface area (Å²) in [5.41, 5.74) is 0. The zero-order valence-corrected chi connectivity index (χ0v) is 8.51. The highest BCUT2D eigenvalue weighted by Crippen LogP contribution is 1.99. The first-order valence-corrected chi connectivity index (χ1v) is 5.56. The molecule has 0 saturated carbocycles. The predicted molar refractivity (Wildman–Crippen MR) is 44.2 cm³/mol. The molecular formula is C7H15O3Si. The fraction of sp³-hybridized carbons (Fsp3) is 0.857. The lowest BCUT2D eigenvalue weighted by molar-refractivity contribution is -0.133. The summed E-state index contributed by atoms with van der Waals surface area (Å²) in [6, 6.07) is 0. The monoisotopic (exact) mass is 175 g/mol. The van der Waals surface area contributed by atoms with E-state index in [1.807, 2.05) is 20.4 Å². The van der Waals surface area contributed by atoms with E-state index in [0.717, 1.165) is 6.42 Å². The highest BCUT2D eigenvalue weighted by Gasteiger charge is 2.14. The minimum Gasteiger partial charge on any atom is -0.492 e. The molecule has 0 rings (SSSR count). The average molecular weight is 175 g/mol. The van der Waals surface area contributed by atoms with Crippen LogP contribution in [-0.2, 0) is 13.6 Å². The van der Waals surface area contributed by atoms with Crippen LogP contribution in [0.15, 0.2) is 0 Å². The molecular weight excluding hydrogens is 160 g/mol. The standard InChI is InChI=1S/C7H15O3Si/c1-5-6(2)9-11(4)10-7(3)8/h6H,5H2,1-4H3. The number of hydrogen-bond donors (Lipinski definition) is 0. The third kappa shape index (κ3) is 6.06. The molecule has 0 aliphatic carbocycles. The molecule has 0 heterocycles. The molecule has 0 spiro atoms. The maximum Gasteiger partial charge on any atom is 0.456 e. The summed E-state index contributed by atoms with van der Waals surface area (Å²) in [6.45, 7) is 7.22. The lowest BCUT2D eigenvalue weighted by Gasteiger charge is -2.14. The van der Waals surface area contributed by atoms with E-state index >= 15 is 0 Å². The Kier molecular flexibility index (Phi) is 5.15. The van der Waals surface area contributed by atoms with E-state index in [1.165, 1.54) is 6.92 Å². The average Bonchev–Trinajstić information content (AvgIpc) is 1.85. The van der Waals surface area contributed by atoms with E-state index in [1.54, 1.807) is 0 Å². The fourth-order valence-corrected chi connectivity index (χ4v) is 1.78. The Hall–Kier alpha value is -0.353. The molecule has 0 aromatic rings. The first-order valence-electron chi connectivity index (χ1n) is 3.74. The van der Waals surface area contributed by atoms with E-state index in [9.17, 15) is 4.79 Å². The summed E-state index contributed by atoms with van der Waals surface area (Å²) in [6.07, 6.45) is 1.14. The predicted octanol–water partition coefficient (Wildman–Crippen LogP) is 1.48. The molecule has 65 valence electrons. The van der Waals surface area contributed by atoms with Gasteiger partial charge in [0.05, 0.1) is 0 Å². The Labute approximate surface area is 69.5 Å². The van der Waals surface area contributed by atoms with Gasteiger partial charge in [-0.3, -0.25) is 4.79 Å². The Morgan fingerprint density at radius 1 is 1.64 bits per heavy atom. The third-order valence-electron chi connectivity index (χ3n) is 1.23. The second-order valence-corrected chi connectivity index (χ2v) is 3.84. The van der Waals surface area contributed by atoms with Crippen LogP contribution in [0.3, 0.4) is 0 Å². The van der Waals surface area contributed by atoms with E-state index in [0.29, 0.717) is 0 Å². The summed E-state index contributed by atoms with van der Waals surface area (Å²) in [7, 11) is -1.35. The summed E-state index contributed by atoms with van der Waals surface area (Å²) in [4.78, 5) is 10.4. The molecule has 0 bridgehead atoms. The third-order valence-corrected chi connectivity index (χ3v) is 2.54. The molecule has 0 fully saturated rings. The van der Waals surface area contributed by atoms with Crippen molar-refractivity contribution >= 4 is 15.3 Å². The zero-order chi connectivity index (χ0) is 8.85. The van der Waals surface area contributed by atoms with Crippen molar-refractivity contribution in [2.75, 3.05) is 0 Å². The van der Waals surface area contributed by atoms with Crippen molar-refractivity contribution in [3.05, 3.63) is 0 Å². The minimum atomic E-state index is -1.35. The quantitative estimate of drug-likeness (QED) is 0.607. The van der Waals surface area contributed by atoms with Crippen molar-refractivity contribution in [3.63, 3.8) is 0 Å². The number of carbonyl (C=O) groups excluding carboxylic acids is 1.